The molecule has 1 aromatic carbocycles. The number of ether oxygens (including phenoxy) is 1. The normalized spacial score (nSPS) is 21.6. The first-order chi connectivity index (χ1) is 6.07. The summed E-state index contributed by atoms with van der Waals surface area (Å²) < 4.78 is 5.26. The lowest BCUT2D eigenvalue weighted by Crippen LogP contribution is -2.11. The molecule has 0 aliphatic carbocycles. The van der Waals surface area contributed by atoms with E-state index < -0.39 is 0 Å². The fourth-order valence-electron chi connectivity index (χ4n) is 1.45. The largest absolute Gasteiger partial charge is 0.368 e. The molecule has 1 nitrogen and oxygen atoms in total. The van der Waals surface area contributed by atoms with Gasteiger partial charge in [-0.05, 0) is 16.5 Å². The minimum atomic E-state index is 0.241. The molecule has 2 rings (SSSR count). The van der Waals surface area contributed by atoms with Crippen LogP contribution < -0.4 is 0 Å². The highest BCUT2D eigenvalue weighted by atomic mass is 16.6. The van der Waals surface area contributed by atoms with Crippen molar-refractivity contribution < 1.29 is 4.74 Å². The second-order valence-corrected chi connectivity index (χ2v) is 4.70. The molecule has 0 radical (unpaired) electrons. The van der Waals surface area contributed by atoms with Gasteiger partial charge in [0, 0.05) is 0 Å². The number of hydrogen-bond donors (Lipinski definition) is 0. The Balaban J connectivity index is 2.32. The summed E-state index contributed by atoms with van der Waals surface area (Å²) in [6, 6.07) is 8.72. The van der Waals surface area contributed by atoms with E-state index in [1.165, 1.54) is 11.1 Å². The fraction of sp³-hybridized carbons (Fsp3) is 0.500. The zero-order valence-electron chi connectivity index (χ0n) is 8.50. The minimum absolute atomic E-state index is 0.241. The van der Waals surface area contributed by atoms with E-state index in [1.807, 2.05) is 0 Å². The summed E-state index contributed by atoms with van der Waals surface area (Å²) in [4.78, 5) is 0. The number of hydrogen-bond acceptors (Lipinski definition) is 1. The Labute approximate surface area is 79.7 Å². The first-order valence-corrected chi connectivity index (χ1v) is 4.79. The van der Waals surface area contributed by atoms with Crippen molar-refractivity contribution in [1.29, 1.82) is 0 Å². The zero-order chi connectivity index (χ0) is 9.47. The van der Waals surface area contributed by atoms with Crippen LogP contribution in [-0.2, 0) is 10.2 Å². The second-order valence-electron chi connectivity index (χ2n) is 4.70. The van der Waals surface area contributed by atoms with Gasteiger partial charge in [0.2, 0.25) is 0 Å². The maximum absolute atomic E-state index is 5.26. The van der Waals surface area contributed by atoms with Gasteiger partial charge in [0.25, 0.3) is 0 Å². The molecule has 0 N–H and O–H groups in total. The van der Waals surface area contributed by atoms with E-state index in [1.54, 1.807) is 0 Å². The molecular formula is C12H16O. The molecule has 1 unspecified atom stereocenters. The highest BCUT2D eigenvalue weighted by Crippen LogP contribution is 2.32. The van der Waals surface area contributed by atoms with E-state index in [0.717, 1.165) is 6.61 Å². The van der Waals surface area contributed by atoms with Crippen LogP contribution in [0.25, 0.3) is 0 Å². The predicted octanol–water partition coefficient (Wildman–Crippen LogP) is 3.06. The molecule has 70 valence electrons. The van der Waals surface area contributed by atoms with Crippen LogP contribution in [0.3, 0.4) is 0 Å². The molecule has 1 heterocycles. The number of rotatable bonds is 1. The molecule has 0 spiro atoms. The van der Waals surface area contributed by atoms with Crippen LogP contribution >= 0.6 is 0 Å². The molecule has 1 heteroatoms. The van der Waals surface area contributed by atoms with E-state index in [2.05, 4.69) is 45.0 Å². The quantitative estimate of drug-likeness (QED) is 0.599. The van der Waals surface area contributed by atoms with Crippen molar-refractivity contribution in [2.45, 2.75) is 32.3 Å². The Hall–Kier alpha value is -0.820. The van der Waals surface area contributed by atoms with Crippen LogP contribution in [0.4, 0.5) is 0 Å². The zero-order valence-corrected chi connectivity index (χ0v) is 8.50. The summed E-state index contributed by atoms with van der Waals surface area (Å²) in [5.74, 6) is 0. The summed E-state index contributed by atoms with van der Waals surface area (Å²) in [5.41, 5.74) is 2.96. The van der Waals surface area contributed by atoms with Gasteiger partial charge in [0.15, 0.2) is 0 Å². The lowest BCUT2D eigenvalue weighted by atomic mass is 9.86. The molecule has 13 heavy (non-hydrogen) atoms. The highest BCUT2D eigenvalue weighted by Gasteiger charge is 2.25. The van der Waals surface area contributed by atoms with Gasteiger partial charge in [-0.25, -0.2) is 0 Å². The molecule has 0 aromatic heterocycles. The van der Waals surface area contributed by atoms with E-state index in [4.69, 9.17) is 4.74 Å². The van der Waals surface area contributed by atoms with Crippen LogP contribution in [0.1, 0.15) is 38.0 Å². The van der Waals surface area contributed by atoms with Crippen molar-refractivity contribution in [3.05, 3.63) is 35.4 Å². The summed E-state index contributed by atoms with van der Waals surface area (Å²) in [7, 11) is 0. The van der Waals surface area contributed by atoms with Crippen molar-refractivity contribution in [2.24, 2.45) is 0 Å². The summed E-state index contributed by atoms with van der Waals surface area (Å²) in [5, 5.41) is 0. The molecule has 0 amide bonds. The average Bonchev–Trinajstić information content (AvgIpc) is 2.85. The van der Waals surface area contributed by atoms with E-state index in [9.17, 15) is 0 Å². The smallest absolute Gasteiger partial charge is 0.106 e. The van der Waals surface area contributed by atoms with Gasteiger partial charge in [-0.3, -0.25) is 0 Å². The highest BCUT2D eigenvalue weighted by molar-refractivity contribution is 5.31. The minimum Gasteiger partial charge on any atom is -0.368 e. The predicted molar refractivity (Wildman–Crippen MR) is 53.8 cm³/mol. The topological polar surface area (TPSA) is 12.5 Å². The summed E-state index contributed by atoms with van der Waals surface area (Å²) in [6.45, 7) is 7.60. The average molecular weight is 176 g/mol. The van der Waals surface area contributed by atoms with E-state index >= 15 is 0 Å². The molecule has 0 bridgehead atoms. The lowest BCUT2D eigenvalue weighted by molar-refractivity contribution is 0.415. The van der Waals surface area contributed by atoms with Crippen molar-refractivity contribution >= 4 is 0 Å². The fourth-order valence-corrected chi connectivity index (χ4v) is 1.45. The van der Waals surface area contributed by atoms with E-state index in [0.29, 0.717) is 6.10 Å². The molecular weight excluding hydrogens is 160 g/mol. The van der Waals surface area contributed by atoms with Gasteiger partial charge < -0.3 is 4.74 Å². The Morgan fingerprint density at radius 2 is 2.00 bits per heavy atom. The third-order valence-electron chi connectivity index (χ3n) is 2.46. The van der Waals surface area contributed by atoms with Gasteiger partial charge >= 0.3 is 0 Å². The van der Waals surface area contributed by atoms with Gasteiger partial charge in [-0.1, -0.05) is 45.0 Å². The third-order valence-corrected chi connectivity index (χ3v) is 2.46. The van der Waals surface area contributed by atoms with Crippen LogP contribution in [0.5, 0.6) is 0 Å². The Morgan fingerprint density at radius 1 is 1.31 bits per heavy atom. The van der Waals surface area contributed by atoms with Crippen LogP contribution in [0.2, 0.25) is 0 Å². The lowest BCUT2D eigenvalue weighted by Gasteiger charge is -2.19. The van der Waals surface area contributed by atoms with Crippen molar-refractivity contribution in [1.82, 2.24) is 0 Å². The first-order valence-electron chi connectivity index (χ1n) is 4.79. The van der Waals surface area contributed by atoms with E-state index in [-0.39, 0.29) is 5.41 Å². The Kier molecular flexibility index (Phi) is 1.92. The molecule has 1 atom stereocenters. The molecule has 1 aromatic rings. The molecule has 1 saturated heterocycles. The van der Waals surface area contributed by atoms with Gasteiger partial charge in [-0.2, -0.15) is 0 Å². The van der Waals surface area contributed by atoms with Gasteiger partial charge in [-0.15, -0.1) is 0 Å². The first kappa shape index (κ1) is 8.76. The van der Waals surface area contributed by atoms with Gasteiger partial charge in [0.05, 0.1) is 6.61 Å². The molecule has 1 aliphatic rings. The molecule has 1 fully saturated rings. The van der Waals surface area contributed by atoms with Crippen LogP contribution in [-0.4, -0.2) is 6.61 Å². The molecule has 0 saturated carbocycles. The van der Waals surface area contributed by atoms with Crippen LogP contribution in [0, 0.1) is 0 Å². The standard InChI is InChI=1S/C12H16O/c1-12(2,3)10-6-4-5-9(7-10)11-8-13-11/h4-7,11H,8H2,1-3H3. The van der Waals surface area contributed by atoms with Crippen molar-refractivity contribution in [3.63, 3.8) is 0 Å². The maximum atomic E-state index is 5.26. The van der Waals surface area contributed by atoms with Crippen LogP contribution in [0.15, 0.2) is 24.3 Å². The Bertz CT molecular complexity index is 305. The second kappa shape index (κ2) is 2.85. The van der Waals surface area contributed by atoms with Crippen molar-refractivity contribution in [2.75, 3.05) is 6.61 Å². The Morgan fingerprint density at radius 3 is 2.54 bits per heavy atom. The SMILES string of the molecule is CC(C)(C)c1cccc(C2CO2)c1. The number of benzene rings is 1. The summed E-state index contributed by atoms with van der Waals surface area (Å²) in [6.07, 6.45) is 0.377. The number of epoxide rings is 1. The monoisotopic (exact) mass is 176 g/mol. The van der Waals surface area contributed by atoms with Crippen molar-refractivity contribution in [3.8, 4) is 0 Å². The summed E-state index contributed by atoms with van der Waals surface area (Å²) >= 11 is 0. The van der Waals surface area contributed by atoms with Gasteiger partial charge in [0.1, 0.15) is 6.10 Å². The maximum Gasteiger partial charge on any atom is 0.106 e. The third kappa shape index (κ3) is 1.92. The molecule has 1 aliphatic heterocycles.